The zero-order valence-electron chi connectivity index (χ0n) is 11.3. The average Bonchev–Trinajstić information content (AvgIpc) is 2.44. The molecule has 0 radical (unpaired) electrons. The summed E-state index contributed by atoms with van der Waals surface area (Å²) in [4.78, 5) is 23.8. The van der Waals surface area contributed by atoms with Gasteiger partial charge in [0.2, 0.25) is 10.0 Å². The van der Waals surface area contributed by atoms with Crippen LogP contribution in [0.25, 0.3) is 0 Å². The van der Waals surface area contributed by atoms with Crippen molar-refractivity contribution in [3.05, 3.63) is 35.9 Å². The van der Waals surface area contributed by atoms with E-state index < -0.39 is 27.3 Å². The summed E-state index contributed by atoms with van der Waals surface area (Å²) >= 11 is 0. The summed E-state index contributed by atoms with van der Waals surface area (Å²) in [5.41, 5.74) is 2.53. The number of rotatable bonds is 7. The Bertz CT molecular complexity index is 587. The van der Waals surface area contributed by atoms with Crippen LogP contribution < -0.4 is 10.3 Å². The van der Waals surface area contributed by atoms with Gasteiger partial charge in [-0.3, -0.25) is 4.79 Å². The Morgan fingerprint density at radius 3 is 2.43 bits per heavy atom. The molecule has 0 aliphatic heterocycles. The number of ether oxygens (including phenoxy) is 1. The minimum atomic E-state index is -4.21. The Labute approximate surface area is 122 Å². The fourth-order valence-corrected chi connectivity index (χ4v) is 2.54. The van der Waals surface area contributed by atoms with E-state index in [4.69, 9.17) is 9.84 Å². The van der Waals surface area contributed by atoms with Gasteiger partial charge in [-0.05, 0) is 12.0 Å². The highest BCUT2D eigenvalue weighted by Gasteiger charge is 2.31. The molecule has 1 amide bonds. The summed E-state index contributed by atoms with van der Waals surface area (Å²) in [6, 6.07) is 8.79. The number of amides is 1. The molecule has 21 heavy (non-hydrogen) atoms. The second-order valence-electron chi connectivity index (χ2n) is 4.07. The molecule has 0 saturated carbocycles. The summed E-state index contributed by atoms with van der Waals surface area (Å²) in [5, 5.41) is 7.12. The summed E-state index contributed by atoms with van der Waals surface area (Å²) in [7, 11) is -4.21. The SMILES string of the molecule is CCC(C(=O)O)S(=O)(=O)NNC(=O)OCc1ccccc1. The van der Waals surface area contributed by atoms with Gasteiger partial charge in [-0.25, -0.2) is 18.6 Å². The van der Waals surface area contributed by atoms with Crippen LogP contribution in [0.5, 0.6) is 0 Å². The molecule has 0 aliphatic carbocycles. The first-order chi connectivity index (χ1) is 9.86. The normalized spacial score (nSPS) is 12.4. The Morgan fingerprint density at radius 1 is 1.29 bits per heavy atom. The third-order valence-corrected chi connectivity index (χ3v) is 4.20. The van der Waals surface area contributed by atoms with Crippen LogP contribution in [0.15, 0.2) is 30.3 Å². The minimum Gasteiger partial charge on any atom is -0.480 e. The molecular weight excluding hydrogens is 300 g/mol. The molecular formula is C12H16N2O6S. The van der Waals surface area contributed by atoms with E-state index in [1.165, 1.54) is 6.92 Å². The van der Waals surface area contributed by atoms with Crippen LogP contribution in [0.4, 0.5) is 4.79 Å². The van der Waals surface area contributed by atoms with Gasteiger partial charge in [-0.2, -0.15) is 0 Å². The van der Waals surface area contributed by atoms with Gasteiger partial charge in [-0.15, -0.1) is 4.83 Å². The first-order valence-corrected chi connectivity index (χ1v) is 7.61. The summed E-state index contributed by atoms with van der Waals surface area (Å²) in [6.45, 7) is 1.37. The number of carbonyl (C=O) groups excluding carboxylic acids is 1. The zero-order chi connectivity index (χ0) is 15.9. The predicted octanol–water partition coefficient (Wildman–Crippen LogP) is 0.610. The van der Waals surface area contributed by atoms with Crippen LogP contribution in [0.1, 0.15) is 18.9 Å². The maximum Gasteiger partial charge on any atom is 0.422 e. The number of sulfonamides is 1. The predicted molar refractivity (Wildman–Crippen MR) is 73.5 cm³/mol. The fourth-order valence-electron chi connectivity index (χ4n) is 1.47. The van der Waals surface area contributed by atoms with Crippen LogP contribution in [0, 0.1) is 0 Å². The largest absolute Gasteiger partial charge is 0.480 e. The van der Waals surface area contributed by atoms with Gasteiger partial charge in [0.25, 0.3) is 0 Å². The van der Waals surface area contributed by atoms with E-state index in [1.54, 1.807) is 40.6 Å². The monoisotopic (exact) mass is 316 g/mol. The molecule has 0 bridgehead atoms. The van der Waals surface area contributed by atoms with E-state index in [1.807, 2.05) is 0 Å². The molecule has 0 heterocycles. The van der Waals surface area contributed by atoms with Crippen molar-refractivity contribution in [3.8, 4) is 0 Å². The Kier molecular flexibility index (Phi) is 6.12. The number of aliphatic carboxylic acids is 1. The van der Waals surface area contributed by atoms with Crippen LogP contribution in [-0.2, 0) is 26.2 Å². The number of carboxylic acids is 1. The van der Waals surface area contributed by atoms with E-state index in [0.29, 0.717) is 0 Å². The number of hydrogen-bond acceptors (Lipinski definition) is 5. The molecule has 3 N–H and O–H groups in total. The van der Waals surface area contributed by atoms with Crippen molar-refractivity contribution >= 4 is 22.1 Å². The topological polar surface area (TPSA) is 122 Å². The summed E-state index contributed by atoms with van der Waals surface area (Å²) < 4.78 is 28.0. The van der Waals surface area contributed by atoms with Gasteiger partial charge < -0.3 is 9.84 Å². The van der Waals surface area contributed by atoms with Crippen LogP contribution in [0.2, 0.25) is 0 Å². The molecule has 8 nitrogen and oxygen atoms in total. The molecule has 0 fully saturated rings. The van der Waals surface area contributed by atoms with Crippen LogP contribution in [0.3, 0.4) is 0 Å². The number of hydrazine groups is 1. The zero-order valence-corrected chi connectivity index (χ0v) is 12.1. The lowest BCUT2D eigenvalue weighted by Gasteiger charge is -2.13. The van der Waals surface area contributed by atoms with Crippen molar-refractivity contribution in [1.29, 1.82) is 0 Å². The molecule has 1 rings (SSSR count). The van der Waals surface area contributed by atoms with Gasteiger partial charge in [0.1, 0.15) is 6.61 Å². The van der Waals surface area contributed by atoms with Crippen molar-refractivity contribution in [1.82, 2.24) is 10.3 Å². The molecule has 1 atom stereocenters. The summed E-state index contributed by atoms with van der Waals surface area (Å²) in [5.74, 6) is -1.50. The molecule has 0 spiro atoms. The Balaban J connectivity index is 2.47. The first-order valence-electron chi connectivity index (χ1n) is 6.07. The van der Waals surface area contributed by atoms with Gasteiger partial charge >= 0.3 is 12.1 Å². The smallest absolute Gasteiger partial charge is 0.422 e. The van der Waals surface area contributed by atoms with Gasteiger partial charge in [0.15, 0.2) is 5.25 Å². The molecule has 116 valence electrons. The number of benzene rings is 1. The Hall–Kier alpha value is -2.13. The van der Waals surface area contributed by atoms with Crippen molar-refractivity contribution in [2.75, 3.05) is 0 Å². The third kappa shape index (κ3) is 5.40. The van der Waals surface area contributed by atoms with E-state index in [0.717, 1.165) is 5.56 Å². The van der Waals surface area contributed by atoms with Crippen molar-refractivity contribution in [2.24, 2.45) is 0 Å². The maximum atomic E-state index is 11.6. The van der Waals surface area contributed by atoms with Crippen LogP contribution in [-0.4, -0.2) is 30.8 Å². The first kappa shape index (κ1) is 16.9. The minimum absolute atomic E-state index is 0.0372. The molecule has 9 heteroatoms. The molecule has 0 aliphatic rings. The maximum absolute atomic E-state index is 11.6. The van der Waals surface area contributed by atoms with E-state index in [-0.39, 0.29) is 13.0 Å². The van der Waals surface area contributed by atoms with E-state index >= 15 is 0 Å². The standard InChI is InChI=1S/C12H16N2O6S/c1-2-10(11(15)16)21(18,19)14-13-12(17)20-8-9-6-4-3-5-7-9/h3-7,10,14H,2,8H2,1H3,(H,13,17)(H,15,16). The molecule has 1 unspecified atom stereocenters. The third-order valence-electron chi connectivity index (χ3n) is 2.53. The average molecular weight is 316 g/mol. The van der Waals surface area contributed by atoms with E-state index in [2.05, 4.69) is 0 Å². The lowest BCUT2D eigenvalue weighted by Crippen LogP contribution is -2.48. The lowest BCUT2D eigenvalue weighted by molar-refractivity contribution is -0.136. The highest BCUT2D eigenvalue weighted by molar-refractivity contribution is 7.90. The second kappa shape index (κ2) is 7.60. The van der Waals surface area contributed by atoms with Crippen molar-refractivity contribution in [2.45, 2.75) is 25.2 Å². The second-order valence-corrected chi connectivity index (χ2v) is 5.93. The molecule has 0 saturated heterocycles. The lowest BCUT2D eigenvalue weighted by atomic mass is 10.2. The Morgan fingerprint density at radius 2 is 1.90 bits per heavy atom. The summed E-state index contributed by atoms with van der Waals surface area (Å²) in [6.07, 6.45) is -1.16. The number of carboxylic acid groups (broad SMARTS) is 1. The fraction of sp³-hybridized carbons (Fsp3) is 0.333. The number of carbonyl (C=O) groups is 2. The molecule has 0 aromatic heterocycles. The number of hydrogen-bond donors (Lipinski definition) is 3. The van der Waals surface area contributed by atoms with Gasteiger partial charge in [0, 0.05) is 0 Å². The van der Waals surface area contributed by atoms with Crippen molar-refractivity contribution < 1.29 is 27.9 Å². The highest BCUT2D eigenvalue weighted by Crippen LogP contribution is 2.04. The molecule has 1 aromatic rings. The quantitative estimate of drug-likeness (QED) is 0.634. The highest BCUT2D eigenvalue weighted by atomic mass is 32.2. The molecule has 1 aromatic carbocycles. The number of nitrogens with one attached hydrogen (secondary N) is 2. The van der Waals surface area contributed by atoms with Gasteiger partial charge in [0.05, 0.1) is 0 Å². The van der Waals surface area contributed by atoms with Gasteiger partial charge in [-0.1, -0.05) is 37.3 Å². The van der Waals surface area contributed by atoms with Crippen molar-refractivity contribution in [3.63, 3.8) is 0 Å². The van der Waals surface area contributed by atoms with Crippen LogP contribution >= 0.6 is 0 Å². The van der Waals surface area contributed by atoms with E-state index in [9.17, 15) is 18.0 Å².